The molecule has 2 N–H and O–H groups in total. The monoisotopic (exact) mass is 1030 g/mol. The second kappa shape index (κ2) is 26.5. The molecule has 0 unspecified atom stereocenters. The molecular formula is C68H82F4N4. The highest BCUT2D eigenvalue weighted by atomic mass is 19.1. The van der Waals surface area contributed by atoms with Crippen LogP contribution in [0.5, 0.6) is 0 Å². The number of nitrogens with one attached hydrogen (secondary N) is 2. The van der Waals surface area contributed by atoms with E-state index >= 15 is 17.6 Å². The fraction of sp³-hybridized carbons (Fsp3) is 0.471. The highest BCUT2D eigenvalue weighted by Gasteiger charge is 2.24. The summed E-state index contributed by atoms with van der Waals surface area (Å²) in [5.74, 6) is -1.01. The van der Waals surface area contributed by atoms with E-state index in [9.17, 15) is 0 Å². The van der Waals surface area contributed by atoms with Crippen LogP contribution in [-0.4, -0.2) is 19.9 Å². The van der Waals surface area contributed by atoms with Gasteiger partial charge in [0.05, 0.1) is 22.8 Å². The molecule has 8 heteroatoms. The first kappa shape index (κ1) is 55.0. The third kappa shape index (κ3) is 13.0. The maximum absolute atomic E-state index is 16.5. The molecule has 0 fully saturated rings. The van der Waals surface area contributed by atoms with E-state index in [0.29, 0.717) is 104 Å². The summed E-state index contributed by atoms with van der Waals surface area (Å²) in [6.45, 7) is 8.85. The standard InChI is InChI=1S/C68H82F4N4/c1-5-9-13-17-21-25-29-45-33-49-53(37-57(45)69)65-42-62-51-35-47(31-27-23-19-15-11-7-3)59(71)39-55(51)67(75-62)44-64-52-36-48(32-28-24-20-16-12-8-4)60(72)40-56(52)68(76-64)43-63-50-34-46(30-26-22-18-14-10-6-2)58(70)38-54(50)66(74-63)41-61(49)73-65/h33-44,73,76H,5-32H2,1-4H3. The van der Waals surface area contributed by atoms with Gasteiger partial charge < -0.3 is 9.97 Å². The molecule has 0 aliphatic carbocycles. The van der Waals surface area contributed by atoms with Crippen LogP contribution in [0.2, 0.25) is 0 Å². The minimum Gasteiger partial charge on any atom is -0.354 e. The van der Waals surface area contributed by atoms with E-state index in [0.717, 1.165) is 110 Å². The molecular weight excluding hydrogens is 949 g/mol. The maximum Gasteiger partial charge on any atom is 0.127 e. The number of H-pyrrole nitrogens is 2. The van der Waals surface area contributed by atoms with Gasteiger partial charge in [-0.3, -0.25) is 0 Å². The molecule has 4 nitrogen and oxygen atoms in total. The molecule has 76 heavy (non-hydrogen) atoms. The second-order valence-electron chi connectivity index (χ2n) is 22.3. The van der Waals surface area contributed by atoms with E-state index in [1.807, 2.05) is 48.5 Å². The third-order valence-corrected chi connectivity index (χ3v) is 16.4. The first-order chi connectivity index (χ1) is 37.2. The van der Waals surface area contributed by atoms with Crippen LogP contribution >= 0.6 is 0 Å². The number of nitrogens with zero attached hydrogens (tertiary/aromatic N) is 2. The normalized spacial score (nSPS) is 12.1. The Morgan fingerprint density at radius 1 is 0.276 bits per heavy atom. The predicted molar refractivity (Wildman–Crippen MR) is 313 cm³/mol. The molecule has 9 rings (SSSR count). The van der Waals surface area contributed by atoms with E-state index in [-0.39, 0.29) is 23.3 Å². The fourth-order valence-corrected chi connectivity index (χ4v) is 11.9. The minimum absolute atomic E-state index is 0.250. The number of aromatic amines is 2. The first-order valence-electron chi connectivity index (χ1n) is 29.8. The zero-order valence-electron chi connectivity index (χ0n) is 46.1. The van der Waals surface area contributed by atoms with Crippen molar-refractivity contribution in [1.29, 1.82) is 0 Å². The zero-order chi connectivity index (χ0) is 53.0. The smallest absolute Gasteiger partial charge is 0.127 e. The quantitative estimate of drug-likeness (QED) is 0.0379. The molecule has 5 heterocycles. The lowest BCUT2D eigenvalue weighted by atomic mass is 9.96. The predicted octanol–water partition coefficient (Wildman–Crippen LogP) is 21.5. The van der Waals surface area contributed by atoms with Gasteiger partial charge in [-0.1, -0.05) is 156 Å². The van der Waals surface area contributed by atoms with E-state index in [2.05, 4.69) is 37.7 Å². The average Bonchev–Trinajstić information content (AvgIpc) is 4.12. The number of rotatable bonds is 28. The largest absolute Gasteiger partial charge is 0.354 e. The van der Waals surface area contributed by atoms with Crippen molar-refractivity contribution in [3.05, 3.63) is 118 Å². The summed E-state index contributed by atoms with van der Waals surface area (Å²) in [6, 6.07) is 22.4. The van der Waals surface area contributed by atoms with E-state index in [4.69, 9.17) is 9.97 Å². The first-order valence-corrected chi connectivity index (χ1v) is 29.8. The van der Waals surface area contributed by atoms with Crippen LogP contribution in [0.3, 0.4) is 0 Å². The lowest BCUT2D eigenvalue weighted by molar-refractivity contribution is 0.581. The van der Waals surface area contributed by atoms with Crippen molar-refractivity contribution in [2.45, 2.75) is 207 Å². The van der Waals surface area contributed by atoms with Gasteiger partial charge in [0.2, 0.25) is 0 Å². The molecule has 402 valence electrons. The number of hydrogen-bond donors (Lipinski definition) is 2. The van der Waals surface area contributed by atoms with E-state index in [1.165, 1.54) is 77.0 Å². The Labute approximate surface area is 450 Å². The van der Waals surface area contributed by atoms with Gasteiger partial charge in [0.15, 0.2) is 0 Å². The van der Waals surface area contributed by atoms with Crippen LogP contribution in [0, 0.1) is 23.3 Å². The minimum atomic E-state index is -0.256. The van der Waals surface area contributed by atoms with Crippen molar-refractivity contribution in [3.8, 4) is 45.0 Å². The van der Waals surface area contributed by atoms with Gasteiger partial charge in [-0.05, 0) is 146 Å². The van der Waals surface area contributed by atoms with Gasteiger partial charge in [-0.15, -0.1) is 0 Å². The molecule has 0 spiro atoms. The topological polar surface area (TPSA) is 57.4 Å². The number of unbranched alkanes of at least 4 members (excludes halogenated alkanes) is 20. The number of hydrogen-bond acceptors (Lipinski definition) is 2. The molecule has 8 bridgehead atoms. The van der Waals surface area contributed by atoms with E-state index < -0.39 is 0 Å². The van der Waals surface area contributed by atoms with Crippen molar-refractivity contribution in [3.63, 3.8) is 0 Å². The Balaban J connectivity index is 1.26. The number of aryl methyl sites for hydroxylation is 4. The van der Waals surface area contributed by atoms with E-state index in [1.54, 1.807) is 24.3 Å². The van der Waals surface area contributed by atoms with Crippen LogP contribution in [0.15, 0.2) is 72.8 Å². The molecule has 7 aromatic rings. The van der Waals surface area contributed by atoms with Gasteiger partial charge in [-0.2, -0.15) is 0 Å². The molecule has 0 radical (unpaired) electrons. The van der Waals surface area contributed by atoms with Gasteiger partial charge in [0.1, 0.15) is 23.3 Å². The third-order valence-electron chi connectivity index (χ3n) is 16.4. The summed E-state index contributed by atoms with van der Waals surface area (Å²) in [5.41, 5.74) is 10.8. The van der Waals surface area contributed by atoms with Crippen LogP contribution in [0.1, 0.15) is 204 Å². The Bertz CT molecular complexity index is 3070. The highest BCUT2D eigenvalue weighted by molar-refractivity contribution is 6.10. The number of halogens is 4. The maximum atomic E-state index is 16.5. The fourth-order valence-electron chi connectivity index (χ4n) is 11.9. The molecule has 2 aliphatic rings. The van der Waals surface area contributed by atoms with Crippen LogP contribution in [-0.2, 0) is 25.7 Å². The van der Waals surface area contributed by atoms with Crippen LogP contribution in [0.4, 0.5) is 17.6 Å². The summed E-state index contributed by atoms with van der Waals surface area (Å²) >= 11 is 0. The molecule has 0 atom stereocenters. The summed E-state index contributed by atoms with van der Waals surface area (Å²) in [4.78, 5) is 18.0. The Morgan fingerprint density at radius 3 is 0.816 bits per heavy atom. The molecule has 0 amide bonds. The number of benzene rings is 4. The summed E-state index contributed by atoms with van der Waals surface area (Å²) in [5, 5.41) is 3.07. The molecule has 0 saturated heterocycles. The second-order valence-corrected chi connectivity index (χ2v) is 22.3. The summed E-state index contributed by atoms with van der Waals surface area (Å²) in [6.07, 6.45) is 29.0. The van der Waals surface area contributed by atoms with Crippen molar-refractivity contribution in [2.24, 2.45) is 0 Å². The average molecular weight is 1030 g/mol. The molecule has 2 aliphatic heterocycles. The van der Waals surface area contributed by atoms with Crippen molar-refractivity contribution >= 4 is 43.6 Å². The van der Waals surface area contributed by atoms with Crippen LogP contribution in [0.25, 0.3) is 88.6 Å². The lowest BCUT2D eigenvalue weighted by Gasteiger charge is -2.08. The van der Waals surface area contributed by atoms with Crippen molar-refractivity contribution in [2.75, 3.05) is 0 Å². The zero-order valence-corrected chi connectivity index (χ0v) is 46.1. The molecule has 0 saturated carbocycles. The van der Waals surface area contributed by atoms with Gasteiger partial charge >= 0.3 is 0 Å². The van der Waals surface area contributed by atoms with Gasteiger partial charge in [0, 0.05) is 65.9 Å². The van der Waals surface area contributed by atoms with Crippen LogP contribution < -0.4 is 0 Å². The Morgan fingerprint density at radius 2 is 0.513 bits per heavy atom. The van der Waals surface area contributed by atoms with Crippen molar-refractivity contribution in [1.82, 2.24) is 19.9 Å². The lowest BCUT2D eigenvalue weighted by Crippen LogP contribution is -1.93. The highest BCUT2D eigenvalue weighted by Crippen LogP contribution is 2.43. The van der Waals surface area contributed by atoms with Crippen molar-refractivity contribution < 1.29 is 17.6 Å². The van der Waals surface area contributed by atoms with Gasteiger partial charge in [0.25, 0.3) is 0 Å². The molecule has 4 aromatic carbocycles. The number of aromatic nitrogens is 4. The Hall–Kier alpha value is -5.76. The summed E-state index contributed by atoms with van der Waals surface area (Å²) in [7, 11) is 0. The number of fused-ring (bicyclic) bond motifs is 20. The summed E-state index contributed by atoms with van der Waals surface area (Å²) < 4.78 is 65.9. The van der Waals surface area contributed by atoms with Gasteiger partial charge in [-0.25, -0.2) is 27.5 Å². The SMILES string of the molecule is CCCCCCCCc1cc2c(cc1F)-c1cc3[nH]c(cc4nc(cc5[nH]c(cc-2n1)c1cc(F)c(CCCCCCCC)cc51)-c1cc(F)c(CCCCCCCC)cc1-4)c1cc(F)c(CCCCCCCC)cc31. The molecule has 3 aromatic heterocycles. The Kier molecular flexibility index (Phi) is 19.2.